The van der Waals surface area contributed by atoms with Crippen molar-refractivity contribution in [3.63, 3.8) is 0 Å². The van der Waals surface area contributed by atoms with Crippen LogP contribution in [-0.4, -0.2) is 54.3 Å². The van der Waals surface area contributed by atoms with Crippen molar-refractivity contribution in [3.8, 4) is 5.75 Å². The summed E-state index contributed by atoms with van der Waals surface area (Å²) < 4.78 is 11.9. The minimum absolute atomic E-state index is 0.262. The van der Waals surface area contributed by atoms with Gasteiger partial charge in [-0.1, -0.05) is 12.1 Å². The van der Waals surface area contributed by atoms with Crippen LogP contribution in [0.5, 0.6) is 5.75 Å². The van der Waals surface area contributed by atoms with Crippen LogP contribution >= 0.6 is 11.3 Å². The number of aryl methyl sites for hydroxylation is 1. The van der Waals surface area contributed by atoms with Gasteiger partial charge in [0, 0.05) is 47.2 Å². The van der Waals surface area contributed by atoms with E-state index in [4.69, 9.17) is 15.2 Å². The van der Waals surface area contributed by atoms with Crippen molar-refractivity contribution in [2.75, 3.05) is 54.7 Å². The Balaban J connectivity index is 1.32. The van der Waals surface area contributed by atoms with E-state index in [9.17, 15) is 4.79 Å². The van der Waals surface area contributed by atoms with Gasteiger partial charge in [-0.2, -0.15) is 0 Å². The number of nitrogens with zero attached hydrogens (tertiary/aromatic N) is 4. The molecule has 2 aromatic carbocycles. The second kappa shape index (κ2) is 10.4. The van der Waals surface area contributed by atoms with Crippen molar-refractivity contribution in [1.82, 2.24) is 15.0 Å². The standard InChI is InChI=1S/C28H27N7O3S/c1-16-3-5-19-18(23(16)34-28(36)20-14-39-25-24(20)31-15-32-26(25)29)7-8-30-27(19)33-21-6-4-17(13-22(21)37-2)35-9-11-38-12-10-35/h3-8,13-15H,9-12H2,1-2H3,(H,30,33)(H,34,36)(H2,29,31,32). The topological polar surface area (TPSA) is 128 Å². The predicted molar refractivity (Wildman–Crippen MR) is 156 cm³/mol. The van der Waals surface area contributed by atoms with Gasteiger partial charge in [0.1, 0.15) is 23.7 Å². The van der Waals surface area contributed by atoms with Crippen LogP contribution in [0, 0.1) is 6.92 Å². The molecule has 3 aromatic heterocycles. The van der Waals surface area contributed by atoms with Crippen LogP contribution in [0.2, 0.25) is 0 Å². The zero-order valence-corrected chi connectivity index (χ0v) is 22.3. The minimum atomic E-state index is -0.262. The number of hydrogen-bond acceptors (Lipinski definition) is 10. The number of rotatable bonds is 6. The van der Waals surface area contributed by atoms with Crippen molar-refractivity contribution in [2.45, 2.75) is 6.92 Å². The Morgan fingerprint density at radius 3 is 2.77 bits per heavy atom. The molecule has 4 N–H and O–H groups in total. The number of amides is 1. The number of benzene rings is 2. The molecule has 5 aromatic rings. The summed E-state index contributed by atoms with van der Waals surface area (Å²) in [5.41, 5.74) is 10.5. The molecule has 39 heavy (non-hydrogen) atoms. The van der Waals surface area contributed by atoms with E-state index in [2.05, 4.69) is 36.6 Å². The van der Waals surface area contributed by atoms with Gasteiger partial charge in [-0.05, 0) is 30.7 Å². The third-order valence-electron chi connectivity index (χ3n) is 6.83. The zero-order chi connectivity index (χ0) is 26.9. The smallest absolute Gasteiger partial charge is 0.258 e. The lowest BCUT2D eigenvalue weighted by Crippen LogP contribution is -2.36. The molecule has 0 spiro atoms. The molecule has 6 rings (SSSR count). The molecule has 1 aliphatic heterocycles. The number of ether oxygens (including phenoxy) is 2. The van der Waals surface area contributed by atoms with Crippen LogP contribution in [0.1, 0.15) is 15.9 Å². The van der Waals surface area contributed by atoms with E-state index in [1.54, 1.807) is 18.7 Å². The molecule has 1 amide bonds. The number of nitrogen functional groups attached to an aromatic ring is 1. The van der Waals surface area contributed by atoms with Crippen molar-refractivity contribution < 1.29 is 14.3 Å². The van der Waals surface area contributed by atoms with Crippen molar-refractivity contribution in [2.24, 2.45) is 0 Å². The molecule has 0 bridgehead atoms. The lowest BCUT2D eigenvalue weighted by Gasteiger charge is -2.29. The largest absolute Gasteiger partial charge is 0.494 e. The molecule has 198 valence electrons. The fourth-order valence-corrected chi connectivity index (χ4v) is 5.67. The number of methoxy groups -OCH3 is 1. The SMILES string of the molecule is COc1cc(N2CCOCC2)ccc1Nc1nccc2c(NC(=O)c3csc4c(N)ncnc34)c(C)ccc12. The first-order chi connectivity index (χ1) is 19.0. The molecule has 11 heteroatoms. The summed E-state index contributed by atoms with van der Waals surface area (Å²) in [5.74, 6) is 1.47. The molecule has 0 saturated carbocycles. The van der Waals surface area contributed by atoms with E-state index < -0.39 is 0 Å². The number of nitrogens with two attached hydrogens (primary N) is 1. The van der Waals surface area contributed by atoms with Gasteiger partial charge in [0.2, 0.25) is 0 Å². The van der Waals surface area contributed by atoms with Crippen LogP contribution in [0.15, 0.2) is 54.3 Å². The summed E-state index contributed by atoms with van der Waals surface area (Å²) in [6.07, 6.45) is 3.10. The Morgan fingerprint density at radius 2 is 1.95 bits per heavy atom. The highest BCUT2D eigenvalue weighted by Gasteiger charge is 2.19. The Morgan fingerprint density at radius 1 is 1.10 bits per heavy atom. The molecule has 0 aliphatic carbocycles. The number of thiophene rings is 1. The van der Waals surface area contributed by atoms with Gasteiger partial charge >= 0.3 is 0 Å². The van der Waals surface area contributed by atoms with Gasteiger partial charge in [-0.15, -0.1) is 11.3 Å². The fourth-order valence-electron chi connectivity index (χ4n) is 4.77. The number of morpholine rings is 1. The quantitative estimate of drug-likeness (QED) is 0.273. The second-order valence-corrected chi connectivity index (χ2v) is 10.0. The highest BCUT2D eigenvalue weighted by atomic mass is 32.1. The molecule has 0 unspecified atom stereocenters. The number of aromatic nitrogens is 3. The van der Waals surface area contributed by atoms with Gasteiger partial charge in [0.25, 0.3) is 5.91 Å². The summed E-state index contributed by atoms with van der Waals surface area (Å²) >= 11 is 1.35. The number of fused-ring (bicyclic) bond motifs is 2. The van der Waals surface area contributed by atoms with Crippen LogP contribution in [0.25, 0.3) is 21.0 Å². The summed E-state index contributed by atoms with van der Waals surface area (Å²) in [5, 5.41) is 10.0. The van der Waals surface area contributed by atoms with Crippen LogP contribution in [0.3, 0.4) is 0 Å². The third-order valence-corrected chi connectivity index (χ3v) is 7.82. The van der Waals surface area contributed by atoms with E-state index in [0.29, 0.717) is 52.1 Å². The molecule has 1 fully saturated rings. The monoisotopic (exact) mass is 541 g/mol. The number of pyridine rings is 1. The molecule has 0 radical (unpaired) electrons. The van der Waals surface area contributed by atoms with E-state index in [0.717, 1.165) is 40.8 Å². The van der Waals surface area contributed by atoms with Gasteiger partial charge in [0.15, 0.2) is 0 Å². The second-order valence-electron chi connectivity index (χ2n) is 9.16. The van der Waals surface area contributed by atoms with Crippen molar-refractivity contribution in [1.29, 1.82) is 0 Å². The minimum Gasteiger partial charge on any atom is -0.494 e. The maximum Gasteiger partial charge on any atom is 0.258 e. The fraction of sp³-hybridized carbons (Fsp3) is 0.214. The van der Waals surface area contributed by atoms with Gasteiger partial charge in [0.05, 0.1) is 47.5 Å². The number of carbonyl (C=O) groups excluding carboxylic acids is 1. The number of nitrogens with one attached hydrogen (secondary N) is 2. The van der Waals surface area contributed by atoms with Crippen molar-refractivity contribution in [3.05, 3.63) is 65.4 Å². The molecule has 1 saturated heterocycles. The number of hydrogen-bond donors (Lipinski definition) is 3. The zero-order valence-electron chi connectivity index (χ0n) is 21.5. The Kier molecular flexibility index (Phi) is 6.59. The summed E-state index contributed by atoms with van der Waals surface area (Å²) in [7, 11) is 1.66. The lowest BCUT2D eigenvalue weighted by molar-refractivity contribution is 0.102. The third kappa shape index (κ3) is 4.66. The molecule has 4 heterocycles. The van der Waals surface area contributed by atoms with Crippen molar-refractivity contribution >= 4 is 66.9 Å². The van der Waals surface area contributed by atoms with E-state index in [1.807, 2.05) is 37.3 Å². The van der Waals surface area contributed by atoms with Gasteiger partial charge < -0.3 is 30.7 Å². The molecular formula is C28H27N7O3S. The van der Waals surface area contributed by atoms with Gasteiger partial charge in [-0.3, -0.25) is 4.79 Å². The first kappa shape index (κ1) is 24.8. The Hall–Kier alpha value is -4.48. The van der Waals surface area contributed by atoms with E-state index >= 15 is 0 Å². The first-order valence-electron chi connectivity index (χ1n) is 12.5. The summed E-state index contributed by atoms with van der Waals surface area (Å²) in [6, 6.07) is 12.0. The maximum absolute atomic E-state index is 13.4. The van der Waals surface area contributed by atoms with Crippen LogP contribution in [0.4, 0.5) is 28.7 Å². The molecular weight excluding hydrogens is 514 g/mol. The molecule has 1 aliphatic rings. The average Bonchev–Trinajstić information content (AvgIpc) is 3.41. The van der Waals surface area contributed by atoms with E-state index in [1.165, 1.54) is 17.7 Å². The average molecular weight is 542 g/mol. The normalized spacial score (nSPS) is 13.5. The Bertz CT molecular complexity index is 1700. The Labute approximate surface area is 228 Å². The first-order valence-corrected chi connectivity index (χ1v) is 13.4. The van der Waals surface area contributed by atoms with Crippen LogP contribution in [-0.2, 0) is 4.74 Å². The summed E-state index contributed by atoms with van der Waals surface area (Å²) in [4.78, 5) is 28.5. The number of carbonyl (C=O) groups is 1. The lowest BCUT2D eigenvalue weighted by atomic mass is 10.0. The predicted octanol–water partition coefficient (Wildman–Crippen LogP) is 4.97. The molecule has 0 atom stereocenters. The maximum atomic E-state index is 13.4. The van der Waals surface area contributed by atoms with Crippen LogP contribution < -0.4 is 26.0 Å². The number of anilines is 5. The van der Waals surface area contributed by atoms with Gasteiger partial charge in [-0.25, -0.2) is 15.0 Å². The van der Waals surface area contributed by atoms with E-state index in [-0.39, 0.29) is 5.91 Å². The molecule has 10 nitrogen and oxygen atoms in total. The highest BCUT2D eigenvalue weighted by Crippen LogP contribution is 2.37. The highest BCUT2D eigenvalue weighted by molar-refractivity contribution is 7.18. The summed E-state index contributed by atoms with van der Waals surface area (Å²) in [6.45, 7) is 5.07.